The molecule has 0 spiro atoms. The van der Waals surface area contributed by atoms with Crippen LogP contribution in [-0.4, -0.2) is 33.2 Å². The van der Waals surface area contributed by atoms with Gasteiger partial charge < -0.3 is 15.8 Å². The Hall–Kier alpha value is -3.10. The lowest BCUT2D eigenvalue weighted by Crippen LogP contribution is -2.19. The molecule has 0 saturated heterocycles. The van der Waals surface area contributed by atoms with Gasteiger partial charge in [-0.1, -0.05) is 35.3 Å². The number of hydrogen-bond donors (Lipinski definition) is 2. The summed E-state index contributed by atoms with van der Waals surface area (Å²) in [5, 5.41) is 14.5. The van der Waals surface area contributed by atoms with Crippen molar-refractivity contribution in [3.8, 4) is 5.75 Å². The molecule has 0 aliphatic heterocycles. The summed E-state index contributed by atoms with van der Waals surface area (Å²) in [6.07, 6.45) is 1.64. The smallest absolute Gasteiger partial charge is 0.274 e. The third-order valence-electron chi connectivity index (χ3n) is 3.82. The monoisotopic (exact) mass is 418 g/mol. The molecule has 0 radical (unpaired) electrons. The largest absolute Gasteiger partial charge is 0.497 e. The average Bonchev–Trinajstić information content (AvgIpc) is 3.09. The lowest BCUT2D eigenvalue weighted by molar-refractivity contribution is -0.111. The predicted octanol–water partition coefficient (Wildman–Crippen LogP) is 3.52. The van der Waals surface area contributed by atoms with E-state index in [0.717, 1.165) is 5.56 Å². The molecule has 0 bridgehead atoms. The third kappa shape index (κ3) is 4.24. The summed E-state index contributed by atoms with van der Waals surface area (Å²) in [7, 11) is 1.57. The number of ether oxygens (including phenoxy) is 1. The van der Waals surface area contributed by atoms with E-state index in [1.807, 2.05) is 12.1 Å². The van der Waals surface area contributed by atoms with Crippen LogP contribution in [0.5, 0.6) is 5.75 Å². The Morgan fingerprint density at radius 2 is 1.96 bits per heavy atom. The number of aryl methyl sites for hydroxylation is 1. The number of hydrogen-bond acceptors (Lipinski definition) is 6. The van der Waals surface area contributed by atoms with Crippen molar-refractivity contribution in [2.45, 2.75) is 6.92 Å². The molecule has 0 atom stereocenters. The molecule has 8 nitrogen and oxygen atoms in total. The lowest BCUT2D eigenvalue weighted by Gasteiger charge is -2.11. The molecular formula is C18H16Cl2N6O2. The fourth-order valence-corrected chi connectivity index (χ4v) is 2.91. The van der Waals surface area contributed by atoms with Gasteiger partial charge in [0, 0.05) is 5.69 Å². The minimum atomic E-state index is -0.463. The third-order valence-corrected chi connectivity index (χ3v) is 4.45. The molecule has 0 saturated carbocycles. The summed E-state index contributed by atoms with van der Waals surface area (Å²) >= 11 is 12.1. The molecule has 1 amide bonds. The number of rotatable bonds is 5. The van der Waals surface area contributed by atoms with Gasteiger partial charge in [0.25, 0.3) is 5.91 Å². The van der Waals surface area contributed by atoms with Gasteiger partial charge in [-0.2, -0.15) is 4.68 Å². The number of nitrogens with zero attached hydrogens (tertiary/aromatic N) is 4. The molecule has 10 heteroatoms. The Labute approximate surface area is 170 Å². The Bertz CT molecular complexity index is 1040. The molecule has 3 aromatic rings. The SMILES string of the molecule is COc1cccc(/C=C(/C(=O)Nc2cc(Cl)c(N)c(Cl)c2)n2nnnc2C)c1. The van der Waals surface area contributed by atoms with E-state index in [2.05, 4.69) is 20.8 Å². The molecular weight excluding hydrogens is 403 g/mol. The Balaban J connectivity index is 2.01. The van der Waals surface area contributed by atoms with Gasteiger partial charge in [-0.25, -0.2) is 0 Å². The number of carbonyl (C=O) groups is 1. The first-order valence-electron chi connectivity index (χ1n) is 8.06. The quantitative estimate of drug-likeness (QED) is 0.484. The van der Waals surface area contributed by atoms with E-state index in [1.54, 1.807) is 32.2 Å². The highest BCUT2D eigenvalue weighted by atomic mass is 35.5. The van der Waals surface area contributed by atoms with Gasteiger partial charge in [0.1, 0.15) is 11.4 Å². The van der Waals surface area contributed by atoms with Crippen molar-refractivity contribution in [2.75, 3.05) is 18.2 Å². The van der Waals surface area contributed by atoms with E-state index in [4.69, 9.17) is 33.7 Å². The first kappa shape index (κ1) is 19.7. The van der Waals surface area contributed by atoms with E-state index in [9.17, 15) is 4.79 Å². The van der Waals surface area contributed by atoms with Gasteiger partial charge in [0.15, 0.2) is 5.82 Å². The summed E-state index contributed by atoms with van der Waals surface area (Å²) in [6.45, 7) is 1.68. The van der Waals surface area contributed by atoms with Crippen LogP contribution in [0.15, 0.2) is 36.4 Å². The van der Waals surface area contributed by atoms with Gasteiger partial charge in [-0.15, -0.1) is 5.10 Å². The first-order valence-corrected chi connectivity index (χ1v) is 8.81. The number of benzene rings is 2. The maximum atomic E-state index is 13.0. The van der Waals surface area contributed by atoms with E-state index in [0.29, 0.717) is 17.3 Å². The maximum absolute atomic E-state index is 13.0. The molecule has 0 aliphatic carbocycles. The number of tetrazole rings is 1. The van der Waals surface area contributed by atoms with Gasteiger partial charge in [-0.05, 0) is 53.3 Å². The fraction of sp³-hybridized carbons (Fsp3) is 0.111. The van der Waals surface area contributed by atoms with Crippen molar-refractivity contribution in [3.63, 3.8) is 0 Å². The molecule has 0 aliphatic rings. The number of nitrogens with one attached hydrogen (secondary N) is 1. The van der Waals surface area contributed by atoms with E-state index in [1.165, 1.54) is 16.8 Å². The number of anilines is 2. The number of halogens is 2. The van der Waals surface area contributed by atoms with Crippen molar-refractivity contribution < 1.29 is 9.53 Å². The van der Waals surface area contributed by atoms with Crippen LogP contribution in [0.3, 0.4) is 0 Å². The second kappa shape index (κ2) is 8.28. The number of nitrogen functional groups attached to an aromatic ring is 1. The summed E-state index contributed by atoms with van der Waals surface area (Å²) < 4.78 is 6.56. The summed E-state index contributed by atoms with van der Waals surface area (Å²) in [5.41, 5.74) is 7.29. The van der Waals surface area contributed by atoms with E-state index in [-0.39, 0.29) is 21.4 Å². The van der Waals surface area contributed by atoms with Crippen molar-refractivity contribution in [1.82, 2.24) is 20.2 Å². The number of methoxy groups -OCH3 is 1. The minimum absolute atomic E-state index is 0.194. The number of nitrogens with two attached hydrogens (primary N) is 1. The summed E-state index contributed by atoms with van der Waals surface area (Å²) in [4.78, 5) is 13.0. The Morgan fingerprint density at radius 3 is 2.57 bits per heavy atom. The van der Waals surface area contributed by atoms with Crippen molar-refractivity contribution in [2.24, 2.45) is 0 Å². The zero-order valence-electron chi connectivity index (χ0n) is 15.0. The van der Waals surface area contributed by atoms with Crippen LogP contribution in [-0.2, 0) is 4.79 Å². The van der Waals surface area contributed by atoms with Gasteiger partial charge in [-0.3, -0.25) is 4.79 Å². The molecule has 2 aromatic carbocycles. The maximum Gasteiger partial charge on any atom is 0.274 e. The van der Waals surface area contributed by atoms with Crippen LogP contribution in [0.25, 0.3) is 11.8 Å². The van der Waals surface area contributed by atoms with Crippen LogP contribution in [0.2, 0.25) is 10.0 Å². The summed E-state index contributed by atoms with van der Waals surface area (Å²) in [5.74, 6) is 0.631. The van der Waals surface area contributed by atoms with Crippen LogP contribution >= 0.6 is 23.2 Å². The highest BCUT2D eigenvalue weighted by Crippen LogP contribution is 2.31. The van der Waals surface area contributed by atoms with Crippen molar-refractivity contribution in [1.29, 1.82) is 0 Å². The van der Waals surface area contributed by atoms with Gasteiger partial charge in [0.05, 0.1) is 22.8 Å². The van der Waals surface area contributed by atoms with Crippen LogP contribution in [0.1, 0.15) is 11.4 Å². The Morgan fingerprint density at radius 1 is 1.25 bits per heavy atom. The zero-order chi connectivity index (χ0) is 20.3. The number of aromatic nitrogens is 4. The predicted molar refractivity (Wildman–Crippen MR) is 109 cm³/mol. The topological polar surface area (TPSA) is 108 Å². The summed E-state index contributed by atoms with van der Waals surface area (Å²) in [6, 6.07) is 10.2. The fourth-order valence-electron chi connectivity index (χ4n) is 2.42. The zero-order valence-corrected chi connectivity index (χ0v) is 16.5. The van der Waals surface area contributed by atoms with Crippen LogP contribution in [0, 0.1) is 6.92 Å². The molecule has 0 unspecified atom stereocenters. The van der Waals surface area contributed by atoms with E-state index >= 15 is 0 Å². The highest BCUT2D eigenvalue weighted by Gasteiger charge is 2.17. The molecule has 28 heavy (non-hydrogen) atoms. The lowest BCUT2D eigenvalue weighted by atomic mass is 10.1. The standard InChI is InChI=1S/C18H16Cl2N6O2/c1-10-23-24-25-26(10)16(7-11-4-3-5-13(6-11)28-2)18(27)22-12-8-14(19)17(21)15(20)9-12/h3-9H,21H2,1-2H3,(H,22,27)/b16-7-. The van der Waals surface area contributed by atoms with Gasteiger partial charge in [0.2, 0.25) is 0 Å². The number of amides is 1. The van der Waals surface area contributed by atoms with Gasteiger partial charge >= 0.3 is 0 Å². The van der Waals surface area contributed by atoms with E-state index < -0.39 is 5.91 Å². The molecule has 1 aromatic heterocycles. The molecule has 1 heterocycles. The van der Waals surface area contributed by atoms with Crippen LogP contribution < -0.4 is 15.8 Å². The highest BCUT2D eigenvalue weighted by molar-refractivity contribution is 6.39. The minimum Gasteiger partial charge on any atom is -0.497 e. The molecule has 3 rings (SSSR count). The second-order valence-corrected chi connectivity index (χ2v) is 6.57. The van der Waals surface area contributed by atoms with Crippen molar-refractivity contribution >= 4 is 52.3 Å². The first-order chi connectivity index (χ1) is 13.4. The molecule has 144 valence electrons. The second-order valence-electron chi connectivity index (χ2n) is 5.75. The molecule has 0 fully saturated rings. The Kier molecular flexibility index (Phi) is 5.81. The number of carbonyl (C=O) groups excluding carboxylic acids is 1. The van der Waals surface area contributed by atoms with Crippen molar-refractivity contribution in [3.05, 3.63) is 57.8 Å². The molecule has 3 N–H and O–H groups in total. The normalized spacial score (nSPS) is 11.4. The average molecular weight is 419 g/mol. The van der Waals surface area contributed by atoms with Crippen LogP contribution in [0.4, 0.5) is 11.4 Å².